The zero-order chi connectivity index (χ0) is 14.9. The van der Waals surface area contributed by atoms with Gasteiger partial charge in [0.2, 0.25) is 5.91 Å². The van der Waals surface area contributed by atoms with Gasteiger partial charge in [0.05, 0.1) is 18.7 Å². The number of carbonyl (C=O) groups is 1. The zero-order valence-electron chi connectivity index (χ0n) is 11.9. The number of ether oxygens (including phenoxy) is 1. The molecule has 0 bridgehead atoms. The standard InChI is InChI=1S/C16H20N2O3/c17-14(20)10-16(7-3-8-19)15-12(6-9-21-16)11-4-1-2-5-13(11)18-15/h1-2,4-5,18-19H,3,6-10H2,(H2,17,20). The molecule has 0 aliphatic carbocycles. The topological polar surface area (TPSA) is 88.3 Å². The van der Waals surface area contributed by atoms with Crippen molar-refractivity contribution in [1.82, 2.24) is 4.98 Å². The summed E-state index contributed by atoms with van der Waals surface area (Å²) < 4.78 is 5.99. The summed E-state index contributed by atoms with van der Waals surface area (Å²) in [6.45, 7) is 0.632. The number of H-pyrrole nitrogens is 1. The summed E-state index contributed by atoms with van der Waals surface area (Å²) in [5.74, 6) is -0.389. The minimum Gasteiger partial charge on any atom is -0.396 e. The van der Waals surface area contributed by atoms with E-state index in [4.69, 9.17) is 15.6 Å². The second-order valence-electron chi connectivity index (χ2n) is 5.59. The molecule has 2 heterocycles. The monoisotopic (exact) mass is 288 g/mol. The van der Waals surface area contributed by atoms with E-state index in [-0.39, 0.29) is 18.9 Å². The predicted octanol–water partition coefficient (Wildman–Crippen LogP) is 1.58. The highest BCUT2D eigenvalue weighted by molar-refractivity contribution is 5.86. The fourth-order valence-corrected chi connectivity index (χ4v) is 3.34. The SMILES string of the molecule is NC(=O)CC1(CCCO)OCCc2c1[nH]c1ccccc21. The van der Waals surface area contributed by atoms with Gasteiger partial charge in [-0.3, -0.25) is 4.79 Å². The number of hydrogen-bond acceptors (Lipinski definition) is 3. The van der Waals surface area contributed by atoms with Crippen LogP contribution in [0.2, 0.25) is 0 Å². The molecule has 1 amide bonds. The van der Waals surface area contributed by atoms with Crippen molar-refractivity contribution in [2.75, 3.05) is 13.2 Å². The van der Waals surface area contributed by atoms with Crippen LogP contribution in [0.5, 0.6) is 0 Å². The Bertz CT molecular complexity index is 665. The van der Waals surface area contributed by atoms with Gasteiger partial charge in [-0.15, -0.1) is 0 Å². The van der Waals surface area contributed by atoms with Crippen LogP contribution in [0, 0.1) is 0 Å². The third-order valence-electron chi connectivity index (χ3n) is 4.20. The third kappa shape index (κ3) is 2.43. The Morgan fingerprint density at radius 1 is 1.43 bits per heavy atom. The van der Waals surface area contributed by atoms with E-state index < -0.39 is 5.60 Å². The average Bonchev–Trinajstić information content (AvgIpc) is 2.85. The molecule has 3 rings (SSSR count). The Balaban J connectivity index is 2.12. The van der Waals surface area contributed by atoms with Crippen molar-refractivity contribution in [3.8, 4) is 0 Å². The van der Waals surface area contributed by atoms with Crippen LogP contribution in [0.4, 0.5) is 0 Å². The highest BCUT2D eigenvalue weighted by Gasteiger charge is 2.41. The number of primary amides is 1. The predicted molar refractivity (Wildman–Crippen MR) is 79.8 cm³/mol. The first-order valence-electron chi connectivity index (χ1n) is 7.29. The number of aromatic amines is 1. The number of carbonyl (C=O) groups excluding carboxylic acids is 1. The summed E-state index contributed by atoms with van der Waals surface area (Å²) in [7, 11) is 0. The smallest absolute Gasteiger partial charge is 0.220 e. The molecule has 21 heavy (non-hydrogen) atoms. The van der Waals surface area contributed by atoms with Crippen LogP contribution >= 0.6 is 0 Å². The Labute approximate surface area is 123 Å². The Kier molecular flexibility index (Phi) is 3.69. The summed E-state index contributed by atoms with van der Waals surface area (Å²) in [6.07, 6.45) is 2.10. The average molecular weight is 288 g/mol. The second-order valence-corrected chi connectivity index (χ2v) is 5.59. The lowest BCUT2D eigenvalue weighted by atomic mass is 9.84. The summed E-state index contributed by atoms with van der Waals surface area (Å²) in [5.41, 5.74) is 7.90. The molecule has 1 aliphatic heterocycles. The van der Waals surface area contributed by atoms with Crippen molar-refractivity contribution >= 4 is 16.8 Å². The molecule has 2 aromatic rings. The van der Waals surface area contributed by atoms with Crippen LogP contribution in [-0.2, 0) is 21.6 Å². The van der Waals surface area contributed by atoms with Gasteiger partial charge in [-0.2, -0.15) is 0 Å². The number of benzene rings is 1. The largest absolute Gasteiger partial charge is 0.396 e. The first kappa shape index (κ1) is 14.1. The Hall–Kier alpha value is -1.85. The van der Waals surface area contributed by atoms with Crippen LogP contribution in [0.3, 0.4) is 0 Å². The molecule has 0 radical (unpaired) electrons. The van der Waals surface area contributed by atoms with E-state index in [0.717, 1.165) is 17.6 Å². The normalized spacial score (nSPS) is 21.4. The number of aromatic nitrogens is 1. The van der Waals surface area contributed by atoms with Gasteiger partial charge in [-0.1, -0.05) is 18.2 Å². The quantitative estimate of drug-likeness (QED) is 0.780. The van der Waals surface area contributed by atoms with E-state index in [0.29, 0.717) is 19.4 Å². The highest BCUT2D eigenvalue weighted by atomic mass is 16.5. The molecular weight excluding hydrogens is 268 g/mol. The van der Waals surface area contributed by atoms with Crippen LogP contribution in [0.15, 0.2) is 24.3 Å². The number of aliphatic hydroxyl groups is 1. The van der Waals surface area contributed by atoms with E-state index in [1.165, 1.54) is 10.9 Å². The van der Waals surface area contributed by atoms with E-state index >= 15 is 0 Å². The molecule has 112 valence electrons. The second kappa shape index (κ2) is 5.50. The number of nitrogens with one attached hydrogen (secondary N) is 1. The van der Waals surface area contributed by atoms with Crippen molar-refractivity contribution < 1.29 is 14.6 Å². The lowest BCUT2D eigenvalue weighted by Crippen LogP contribution is -2.39. The van der Waals surface area contributed by atoms with Crippen LogP contribution < -0.4 is 5.73 Å². The zero-order valence-corrected chi connectivity index (χ0v) is 11.9. The maximum absolute atomic E-state index is 11.5. The summed E-state index contributed by atoms with van der Waals surface area (Å²) >= 11 is 0. The molecule has 5 nitrogen and oxygen atoms in total. The van der Waals surface area contributed by atoms with Gasteiger partial charge < -0.3 is 20.6 Å². The van der Waals surface area contributed by atoms with Crippen molar-refractivity contribution in [3.05, 3.63) is 35.5 Å². The number of aliphatic hydroxyl groups excluding tert-OH is 1. The molecule has 1 aromatic heterocycles. The summed E-state index contributed by atoms with van der Waals surface area (Å²) in [6, 6.07) is 8.09. The molecule has 5 heteroatoms. The molecule has 4 N–H and O–H groups in total. The highest BCUT2D eigenvalue weighted by Crippen LogP contribution is 2.42. The van der Waals surface area contributed by atoms with E-state index in [2.05, 4.69) is 11.1 Å². The number of hydrogen-bond donors (Lipinski definition) is 3. The molecule has 0 saturated carbocycles. The number of nitrogens with two attached hydrogens (primary N) is 1. The van der Waals surface area contributed by atoms with Crippen molar-refractivity contribution in [3.63, 3.8) is 0 Å². The number of fused-ring (bicyclic) bond motifs is 3. The lowest BCUT2D eigenvalue weighted by molar-refractivity contribution is -0.130. The Morgan fingerprint density at radius 2 is 2.24 bits per heavy atom. The van der Waals surface area contributed by atoms with E-state index in [9.17, 15) is 4.79 Å². The first-order chi connectivity index (χ1) is 10.2. The van der Waals surface area contributed by atoms with Crippen molar-refractivity contribution in [2.45, 2.75) is 31.3 Å². The Morgan fingerprint density at radius 3 is 3.00 bits per heavy atom. The molecular formula is C16H20N2O3. The van der Waals surface area contributed by atoms with Crippen molar-refractivity contribution in [1.29, 1.82) is 0 Å². The van der Waals surface area contributed by atoms with Crippen molar-refractivity contribution in [2.24, 2.45) is 5.73 Å². The van der Waals surface area contributed by atoms with Crippen LogP contribution in [0.25, 0.3) is 10.9 Å². The van der Waals surface area contributed by atoms with Gasteiger partial charge in [-0.25, -0.2) is 0 Å². The molecule has 1 aliphatic rings. The van der Waals surface area contributed by atoms with Gasteiger partial charge >= 0.3 is 0 Å². The molecule has 1 atom stereocenters. The van der Waals surface area contributed by atoms with Gasteiger partial charge in [0.25, 0.3) is 0 Å². The first-order valence-corrected chi connectivity index (χ1v) is 7.29. The molecule has 0 saturated heterocycles. The minimum absolute atomic E-state index is 0.0689. The number of rotatable bonds is 5. The molecule has 0 spiro atoms. The van der Waals surface area contributed by atoms with Crippen LogP contribution in [0.1, 0.15) is 30.5 Å². The summed E-state index contributed by atoms with van der Waals surface area (Å²) in [5, 5.41) is 10.3. The minimum atomic E-state index is -0.735. The number of para-hydroxylation sites is 1. The molecule has 1 aromatic carbocycles. The third-order valence-corrected chi connectivity index (χ3v) is 4.20. The van der Waals surface area contributed by atoms with E-state index in [1.54, 1.807) is 0 Å². The van der Waals surface area contributed by atoms with Crippen LogP contribution in [-0.4, -0.2) is 29.2 Å². The lowest BCUT2D eigenvalue weighted by Gasteiger charge is -2.36. The maximum atomic E-state index is 11.5. The van der Waals surface area contributed by atoms with Gasteiger partial charge in [0, 0.05) is 17.5 Å². The van der Waals surface area contributed by atoms with Gasteiger partial charge in [0.15, 0.2) is 0 Å². The maximum Gasteiger partial charge on any atom is 0.220 e. The summed E-state index contributed by atoms with van der Waals surface area (Å²) in [4.78, 5) is 14.9. The molecule has 0 fully saturated rings. The fraction of sp³-hybridized carbons (Fsp3) is 0.438. The molecule has 1 unspecified atom stereocenters. The number of amides is 1. The van der Waals surface area contributed by atoms with Gasteiger partial charge in [0.1, 0.15) is 5.60 Å². The van der Waals surface area contributed by atoms with Gasteiger partial charge in [-0.05, 0) is 30.9 Å². The fourth-order valence-electron chi connectivity index (χ4n) is 3.34. The van der Waals surface area contributed by atoms with E-state index in [1.807, 2.05) is 18.2 Å².